The summed E-state index contributed by atoms with van der Waals surface area (Å²) in [5, 5.41) is 23.0. The van der Waals surface area contributed by atoms with Gasteiger partial charge in [-0.3, -0.25) is 10.1 Å². The van der Waals surface area contributed by atoms with Crippen LogP contribution in [0.3, 0.4) is 0 Å². The van der Waals surface area contributed by atoms with Crippen molar-refractivity contribution in [3.05, 3.63) is 33.9 Å². The van der Waals surface area contributed by atoms with Crippen molar-refractivity contribution in [3.63, 3.8) is 0 Å². The van der Waals surface area contributed by atoms with E-state index < -0.39 is 10.9 Å². The predicted octanol–water partition coefficient (Wildman–Crippen LogP) is 2.60. The van der Waals surface area contributed by atoms with Gasteiger partial charge in [-0.05, 0) is 24.7 Å². The number of thioether (sulfide) groups is 1. The molecule has 6 nitrogen and oxygen atoms in total. The highest BCUT2D eigenvalue weighted by Gasteiger charge is 2.19. The fraction of sp³-hybridized carbons (Fsp3) is 0.417. The van der Waals surface area contributed by atoms with E-state index in [2.05, 4.69) is 5.32 Å². The standard InChI is InChI=1S/C12H14N2O4S/c15-12(16)10-4-3-9(14(17)18)6-11(10)13-8-2-1-5-19-7-8/h3-4,6,8,13H,1-2,5,7H2,(H,15,16). The summed E-state index contributed by atoms with van der Waals surface area (Å²) < 4.78 is 0. The molecule has 0 spiro atoms. The maximum Gasteiger partial charge on any atom is 0.337 e. The van der Waals surface area contributed by atoms with E-state index in [1.807, 2.05) is 0 Å². The van der Waals surface area contributed by atoms with Crippen molar-refractivity contribution in [2.24, 2.45) is 0 Å². The number of aromatic carboxylic acids is 1. The Bertz CT molecular complexity index is 501. The van der Waals surface area contributed by atoms with E-state index in [0.29, 0.717) is 5.69 Å². The summed E-state index contributed by atoms with van der Waals surface area (Å²) in [5.74, 6) is 0.918. The van der Waals surface area contributed by atoms with Gasteiger partial charge in [-0.1, -0.05) is 0 Å². The van der Waals surface area contributed by atoms with Crippen molar-refractivity contribution in [1.29, 1.82) is 0 Å². The van der Waals surface area contributed by atoms with Crippen LogP contribution in [0, 0.1) is 10.1 Å². The van der Waals surface area contributed by atoms with E-state index in [0.717, 1.165) is 24.3 Å². The number of rotatable bonds is 4. The molecule has 1 fully saturated rings. The van der Waals surface area contributed by atoms with Crippen LogP contribution in [0.4, 0.5) is 11.4 Å². The minimum absolute atomic E-state index is 0.0705. The van der Waals surface area contributed by atoms with Gasteiger partial charge in [0.2, 0.25) is 0 Å². The molecule has 1 aromatic carbocycles. The van der Waals surface area contributed by atoms with E-state index in [1.54, 1.807) is 11.8 Å². The molecular formula is C12H14N2O4S. The lowest BCUT2D eigenvalue weighted by Gasteiger charge is -2.24. The summed E-state index contributed by atoms with van der Waals surface area (Å²) in [5.41, 5.74) is 0.298. The van der Waals surface area contributed by atoms with Crippen molar-refractivity contribution in [3.8, 4) is 0 Å². The Morgan fingerprint density at radius 1 is 1.53 bits per heavy atom. The molecule has 2 rings (SSSR count). The van der Waals surface area contributed by atoms with Gasteiger partial charge < -0.3 is 10.4 Å². The van der Waals surface area contributed by atoms with Crippen molar-refractivity contribution in [2.45, 2.75) is 18.9 Å². The van der Waals surface area contributed by atoms with E-state index >= 15 is 0 Å². The Balaban J connectivity index is 2.26. The number of carbonyl (C=O) groups is 1. The number of carboxylic acids is 1. The third-order valence-corrected chi connectivity index (χ3v) is 4.18. The molecule has 1 heterocycles. The molecule has 0 aromatic heterocycles. The topological polar surface area (TPSA) is 92.5 Å². The summed E-state index contributed by atoms with van der Waals surface area (Å²) in [7, 11) is 0. The lowest BCUT2D eigenvalue weighted by atomic mass is 10.1. The zero-order valence-electron chi connectivity index (χ0n) is 10.2. The molecule has 0 aliphatic carbocycles. The normalized spacial score (nSPS) is 18.8. The molecule has 1 aromatic rings. The number of hydrogen-bond donors (Lipinski definition) is 2. The minimum atomic E-state index is -1.08. The number of carboxylic acid groups (broad SMARTS) is 1. The molecule has 0 saturated carbocycles. The van der Waals surface area contributed by atoms with Gasteiger partial charge >= 0.3 is 5.97 Å². The first-order valence-corrected chi connectivity index (χ1v) is 7.09. The van der Waals surface area contributed by atoms with Crippen LogP contribution in [-0.2, 0) is 0 Å². The second-order valence-electron chi connectivity index (χ2n) is 4.35. The Morgan fingerprint density at radius 2 is 2.32 bits per heavy atom. The Hall–Kier alpha value is -1.76. The van der Waals surface area contributed by atoms with E-state index in [1.165, 1.54) is 18.2 Å². The number of anilines is 1. The zero-order valence-corrected chi connectivity index (χ0v) is 11.0. The van der Waals surface area contributed by atoms with Gasteiger partial charge in [0.1, 0.15) is 0 Å². The van der Waals surface area contributed by atoms with Crippen LogP contribution in [0.5, 0.6) is 0 Å². The smallest absolute Gasteiger partial charge is 0.337 e. The number of hydrogen-bond acceptors (Lipinski definition) is 5. The summed E-state index contributed by atoms with van der Waals surface area (Å²) in [6.07, 6.45) is 2.02. The number of nitro benzene ring substituents is 1. The predicted molar refractivity (Wildman–Crippen MR) is 74.0 cm³/mol. The van der Waals surface area contributed by atoms with Gasteiger partial charge in [0, 0.05) is 23.9 Å². The average Bonchev–Trinajstić information content (AvgIpc) is 2.39. The zero-order chi connectivity index (χ0) is 13.8. The summed E-state index contributed by atoms with van der Waals surface area (Å²) in [6, 6.07) is 3.95. The maximum atomic E-state index is 11.1. The first-order chi connectivity index (χ1) is 9.08. The quantitative estimate of drug-likeness (QED) is 0.651. The monoisotopic (exact) mass is 282 g/mol. The molecule has 0 bridgehead atoms. The van der Waals surface area contributed by atoms with Crippen LogP contribution in [0.15, 0.2) is 18.2 Å². The van der Waals surface area contributed by atoms with Crippen LogP contribution >= 0.6 is 11.8 Å². The van der Waals surface area contributed by atoms with Gasteiger partial charge in [-0.15, -0.1) is 0 Å². The van der Waals surface area contributed by atoms with Crippen molar-refractivity contribution in [2.75, 3.05) is 16.8 Å². The molecule has 1 aliphatic rings. The highest BCUT2D eigenvalue weighted by Crippen LogP contribution is 2.26. The number of benzene rings is 1. The van der Waals surface area contributed by atoms with Gasteiger partial charge in [-0.25, -0.2) is 4.79 Å². The molecular weight excluding hydrogens is 268 g/mol. The minimum Gasteiger partial charge on any atom is -0.478 e. The highest BCUT2D eigenvalue weighted by molar-refractivity contribution is 7.99. The molecule has 102 valence electrons. The molecule has 1 aliphatic heterocycles. The van der Waals surface area contributed by atoms with Gasteiger partial charge in [0.05, 0.1) is 16.2 Å². The van der Waals surface area contributed by atoms with Crippen molar-refractivity contribution < 1.29 is 14.8 Å². The lowest BCUT2D eigenvalue weighted by molar-refractivity contribution is -0.384. The second-order valence-corrected chi connectivity index (χ2v) is 5.50. The molecule has 0 amide bonds. The summed E-state index contributed by atoms with van der Waals surface area (Å²) in [4.78, 5) is 21.4. The third-order valence-electron chi connectivity index (χ3n) is 2.96. The van der Waals surface area contributed by atoms with Crippen LogP contribution in [0.2, 0.25) is 0 Å². The second kappa shape index (κ2) is 5.92. The van der Waals surface area contributed by atoms with Crippen LogP contribution < -0.4 is 5.32 Å². The highest BCUT2D eigenvalue weighted by atomic mass is 32.2. The molecule has 1 unspecified atom stereocenters. The Labute approximate surface area is 114 Å². The Morgan fingerprint density at radius 3 is 2.89 bits per heavy atom. The summed E-state index contributed by atoms with van der Waals surface area (Å²) >= 11 is 1.80. The van der Waals surface area contributed by atoms with E-state index in [4.69, 9.17) is 5.11 Å². The SMILES string of the molecule is O=C(O)c1ccc([N+](=O)[O-])cc1NC1CCCSC1. The number of nitro groups is 1. The molecule has 0 radical (unpaired) electrons. The number of nitrogens with one attached hydrogen (secondary N) is 1. The fourth-order valence-corrected chi connectivity index (χ4v) is 3.10. The number of nitrogens with zero attached hydrogens (tertiary/aromatic N) is 1. The maximum absolute atomic E-state index is 11.1. The first-order valence-electron chi connectivity index (χ1n) is 5.94. The lowest BCUT2D eigenvalue weighted by Crippen LogP contribution is -2.26. The van der Waals surface area contributed by atoms with Gasteiger partial charge in [-0.2, -0.15) is 11.8 Å². The van der Waals surface area contributed by atoms with Crippen LogP contribution in [-0.4, -0.2) is 33.5 Å². The Kier molecular flexibility index (Phi) is 4.26. The number of non-ortho nitro benzene ring substituents is 1. The van der Waals surface area contributed by atoms with E-state index in [-0.39, 0.29) is 17.3 Å². The van der Waals surface area contributed by atoms with Gasteiger partial charge in [0.25, 0.3) is 5.69 Å². The summed E-state index contributed by atoms with van der Waals surface area (Å²) in [6.45, 7) is 0. The molecule has 1 saturated heterocycles. The van der Waals surface area contributed by atoms with E-state index in [9.17, 15) is 14.9 Å². The van der Waals surface area contributed by atoms with Crippen molar-refractivity contribution in [1.82, 2.24) is 0 Å². The molecule has 1 atom stereocenters. The fourth-order valence-electron chi connectivity index (χ4n) is 2.03. The molecule has 2 N–H and O–H groups in total. The molecule has 19 heavy (non-hydrogen) atoms. The molecule has 7 heteroatoms. The van der Waals surface area contributed by atoms with Gasteiger partial charge in [0.15, 0.2) is 0 Å². The first kappa shape index (κ1) is 13.7. The van der Waals surface area contributed by atoms with Crippen molar-refractivity contribution >= 4 is 29.1 Å². The average molecular weight is 282 g/mol. The van der Waals surface area contributed by atoms with Crippen LogP contribution in [0.25, 0.3) is 0 Å². The largest absolute Gasteiger partial charge is 0.478 e. The van der Waals surface area contributed by atoms with Crippen LogP contribution in [0.1, 0.15) is 23.2 Å². The third kappa shape index (κ3) is 3.37.